The van der Waals surface area contributed by atoms with Gasteiger partial charge >= 0.3 is 5.97 Å². The van der Waals surface area contributed by atoms with Gasteiger partial charge < -0.3 is 4.74 Å². The number of fused-ring (bicyclic) bond motifs is 1. The number of ether oxygens (including phenoxy) is 1. The zero-order valence-electron chi connectivity index (χ0n) is 20.8. The molecule has 1 aliphatic heterocycles. The summed E-state index contributed by atoms with van der Waals surface area (Å²) in [5.74, 6) is -0.734. The fraction of sp³-hybridized carbons (Fsp3) is 0.452. The van der Waals surface area contributed by atoms with Crippen molar-refractivity contribution in [3.05, 3.63) is 82.6 Å². The Morgan fingerprint density at radius 3 is 2.31 bits per heavy atom. The summed E-state index contributed by atoms with van der Waals surface area (Å²) in [6.45, 7) is 4.04. The molecule has 182 valence electrons. The number of hydrogen-bond acceptors (Lipinski definition) is 4. The van der Waals surface area contributed by atoms with E-state index in [-0.39, 0.29) is 29.7 Å². The maximum atomic E-state index is 13.7. The molecule has 0 N–H and O–H groups in total. The first-order valence-corrected chi connectivity index (χ1v) is 13.2. The maximum absolute atomic E-state index is 13.7. The molecule has 0 amide bonds. The molecule has 5 rings (SSSR count). The lowest BCUT2D eigenvalue weighted by Crippen LogP contribution is -2.41. The molecular weight excluding hydrogens is 434 g/mol. The van der Waals surface area contributed by atoms with Crippen molar-refractivity contribution in [3.8, 4) is 0 Å². The monoisotopic (exact) mass is 469 g/mol. The standard InChI is InChI=1S/C31H35NO3/c1-3-21-14-16-23(17-15-21)29-28(31(34)35-25-12-8-5-9-13-25)20(2)32-26-18-24(19-27(33)30(26)29)22-10-6-4-7-11-22/h4,6-7,10-11,14-17,24-25,29-30H,3,5,8-9,12-13,18-19H2,1-2H3/t24-,29-,30?/m0/s1. The summed E-state index contributed by atoms with van der Waals surface area (Å²) < 4.78 is 6.03. The lowest BCUT2D eigenvalue weighted by molar-refractivity contribution is -0.146. The number of hydrogen-bond donors (Lipinski definition) is 0. The largest absolute Gasteiger partial charge is 0.459 e. The Morgan fingerprint density at radius 2 is 1.63 bits per heavy atom. The fourth-order valence-corrected chi connectivity index (χ4v) is 6.12. The summed E-state index contributed by atoms with van der Waals surface area (Å²) in [5.41, 5.74) is 5.59. The minimum absolute atomic E-state index is 0.0328. The molecule has 0 bridgehead atoms. The maximum Gasteiger partial charge on any atom is 0.336 e. The van der Waals surface area contributed by atoms with Gasteiger partial charge in [0.25, 0.3) is 0 Å². The van der Waals surface area contributed by atoms with Gasteiger partial charge in [-0.2, -0.15) is 0 Å². The highest BCUT2D eigenvalue weighted by Crippen LogP contribution is 2.46. The summed E-state index contributed by atoms with van der Waals surface area (Å²) in [7, 11) is 0. The Bertz CT molecular complexity index is 1140. The molecule has 2 saturated carbocycles. The van der Waals surface area contributed by atoms with Crippen LogP contribution in [0.25, 0.3) is 0 Å². The molecule has 0 spiro atoms. The van der Waals surface area contributed by atoms with Gasteiger partial charge in [0.05, 0.1) is 11.5 Å². The van der Waals surface area contributed by atoms with Crippen LogP contribution in [0, 0.1) is 5.92 Å². The highest BCUT2D eigenvalue weighted by Gasteiger charge is 2.46. The number of aliphatic imine (C=N–C) groups is 1. The Labute approximate surface area is 208 Å². The molecule has 2 aromatic carbocycles. The van der Waals surface area contributed by atoms with Crippen molar-refractivity contribution in [2.24, 2.45) is 10.9 Å². The van der Waals surface area contributed by atoms with Crippen LogP contribution in [-0.4, -0.2) is 23.6 Å². The molecule has 2 aromatic rings. The van der Waals surface area contributed by atoms with E-state index < -0.39 is 5.92 Å². The highest BCUT2D eigenvalue weighted by atomic mass is 16.5. The van der Waals surface area contributed by atoms with Gasteiger partial charge in [-0.25, -0.2) is 4.79 Å². The van der Waals surface area contributed by atoms with Crippen LogP contribution in [0.3, 0.4) is 0 Å². The first-order valence-electron chi connectivity index (χ1n) is 13.2. The van der Waals surface area contributed by atoms with E-state index in [0.29, 0.717) is 17.7 Å². The van der Waals surface area contributed by atoms with Crippen molar-refractivity contribution in [1.29, 1.82) is 0 Å². The second kappa shape index (κ2) is 10.3. The summed E-state index contributed by atoms with van der Waals surface area (Å²) in [5, 5.41) is 0. The average Bonchev–Trinajstić information content (AvgIpc) is 2.89. The minimum Gasteiger partial charge on any atom is -0.459 e. The van der Waals surface area contributed by atoms with Crippen LogP contribution >= 0.6 is 0 Å². The van der Waals surface area contributed by atoms with Gasteiger partial charge in [-0.1, -0.05) is 67.9 Å². The van der Waals surface area contributed by atoms with Gasteiger partial charge in [0.1, 0.15) is 11.9 Å². The molecule has 1 unspecified atom stereocenters. The Kier molecular flexibility index (Phi) is 6.99. The van der Waals surface area contributed by atoms with E-state index in [2.05, 4.69) is 43.3 Å². The Hall–Kier alpha value is -3.01. The smallest absolute Gasteiger partial charge is 0.336 e. The third-order valence-corrected chi connectivity index (χ3v) is 8.02. The van der Waals surface area contributed by atoms with Crippen molar-refractivity contribution in [2.75, 3.05) is 0 Å². The SMILES string of the molecule is CCc1ccc([C@H]2C(C(=O)OC3CCCCC3)=C(C)N=C3C[C@H](c4ccccc4)CC(=O)C32)cc1. The van der Waals surface area contributed by atoms with Crippen LogP contribution in [0.4, 0.5) is 0 Å². The third-order valence-electron chi connectivity index (χ3n) is 8.02. The van der Waals surface area contributed by atoms with E-state index in [9.17, 15) is 9.59 Å². The third kappa shape index (κ3) is 4.89. The highest BCUT2D eigenvalue weighted by molar-refractivity contribution is 6.12. The summed E-state index contributed by atoms with van der Waals surface area (Å²) >= 11 is 0. The zero-order chi connectivity index (χ0) is 24.4. The van der Waals surface area contributed by atoms with Gasteiger partial charge in [-0.3, -0.25) is 9.79 Å². The van der Waals surface area contributed by atoms with Gasteiger partial charge in [-0.15, -0.1) is 0 Å². The first-order chi connectivity index (χ1) is 17.0. The van der Waals surface area contributed by atoms with Crippen molar-refractivity contribution in [2.45, 2.75) is 83.2 Å². The van der Waals surface area contributed by atoms with E-state index in [1.807, 2.05) is 25.1 Å². The summed E-state index contributed by atoms with van der Waals surface area (Å²) in [6, 6.07) is 18.6. The number of Topliss-reactive ketones (excluding diaryl/α,β-unsaturated/α-hetero) is 1. The zero-order valence-corrected chi connectivity index (χ0v) is 20.8. The molecular formula is C31H35NO3. The molecule has 3 aliphatic rings. The normalized spacial score (nSPS) is 25.1. The molecule has 4 nitrogen and oxygen atoms in total. The average molecular weight is 470 g/mol. The molecule has 4 heteroatoms. The van der Waals surface area contributed by atoms with E-state index in [1.54, 1.807) is 0 Å². The van der Waals surface area contributed by atoms with Crippen molar-refractivity contribution in [3.63, 3.8) is 0 Å². The van der Waals surface area contributed by atoms with E-state index >= 15 is 0 Å². The number of nitrogens with zero attached hydrogens (tertiary/aromatic N) is 1. The van der Waals surface area contributed by atoms with E-state index in [1.165, 1.54) is 17.5 Å². The molecule has 3 atom stereocenters. The topological polar surface area (TPSA) is 55.7 Å². The number of carbonyl (C=O) groups is 2. The number of rotatable bonds is 5. The van der Waals surface area contributed by atoms with Gasteiger partial charge in [-0.05, 0) is 68.1 Å². The van der Waals surface area contributed by atoms with Crippen LogP contribution in [0.1, 0.15) is 87.3 Å². The van der Waals surface area contributed by atoms with Crippen LogP contribution in [0.5, 0.6) is 0 Å². The van der Waals surface area contributed by atoms with Crippen molar-refractivity contribution in [1.82, 2.24) is 0 Å². The molecule has 0 radical (unpaired) electrons. The van der Waals surface area contributed by atoms with Crippen LogP contribution in [-0.2, 0) is 20.7 Å². The van der Waals surface area contributed by atoms with Gasteiger partial charge in [0.15, 0.2) is 0 Å². The molecule has 1 heterocycles. The fourth-order valence-electron chi connectivity index (χ4n) is 6.12. The quantitative estimate of drug-likeness (QED) is 0.458. The lowest BCUT2D eigenvalue weighted by atomic mass is 9.66. The number of aryl methyl sites for hydroxylation is 1. The molecule has 35 heavy (non-hydrogen) atoms. The number of ketones is 1. The van der Waals surface area contributed by atoms with Crippen LogP contribution in [0.15, 0.2) is 70.9 Å². The van der Waals surface area contributed by atoms with Crippen LogP contribution < -0.4 is 0 Å². The molecule has 2 fully saturated rings. The summed E-state index contributed by atoms with van der Waals surface area (Å²) in [6.07, 6.45) is 7.37. The molecule has 2 aliphatic carbocycles. The second-order valence-electron chi connectivity index (χ2n) is 10.3. The van der Waals surface area contributed by atoms with Gasteiger partial charge in [0, 0.05) is 23.7 Å². The number of benzene rings is 2. The lowest BCUT2D eigenvalue weighted by Gasteiger charge is -2.38. The van der Waals surface area contributed by atoms with Crippen molar-refractivity contribution >= 4 is 17.5 Å². The predicted molar refractivity (Wildman–Crippen MR) is 139 cm³/mol. The van der Waals surface area contributed by atoms with Gasteiger partial charge in [0.2, 0.25) is 0 Å². The summed E-state index contributed by atoms with van der Waals surface area (Å²) in [4.78, 5) is 32.2. The Balaban J connectivity index is 1.53. The molecule has 0 saturated heterocycles. The second-order valence-corrected chi connectivity index (χ2v) is 10.3. The predicted octanol–water partition coefficient (Wildman–Crippen LogP) is 6.70. The van der Waals surface area contributed by atoms with E-state index in [4.69, 9.17) is 9.73 Å². The molecule has 0 aromatic heterocycles. The Morgan fingerprint density at radius 1 is 0.914 bits per heavy atom. The number of carbonyl (C=O) groups excluding carboxylic acids is 2. The number of allylic oxidation sites excluding steroid dienone is 1. The van der Waals surface area contributed by atoms with Crippen molar-refractivity contribution < 1.29 is 14.3 Å². The minimum atomic E-state index is -0.403. The number of esters is 1. The van der Waals surface area contributed by atoms with Crippen LogP contribution in [0.2, 0.25) is 0 Å². The van der Waals surface area contributed by atoms with E-state index in [0.717, 1.165) is 49.8 Å². The first kappa shape index (κ1) is 23.7.